The zero-order valence-corrected chi connectivity index (χ0v) is 10.2. The van der Waals surface area contributed by atoms with Crippen LogP contribution in [0.4, 0.5) is 0 Å². The molecule has 1 aliphatic rings. The first kappa shape index (κ1) is 11.9. The third-order valence-electron chi connectivity index (χ3n) is 3.57. The van der Waals surface area contributed by atoms with E-state index in [0.717, 1.165) is 32.5 Å². The van der Waals surface area contributed by atoms with Gasteiger partial charge in [-0.2, -0.15) is 5.26 Å². The molecule has 1 fully saturated rings. The largest absolute Gasteiger partial charge is 0.508 e. The van der Waals surface area contributed by atoms with Gasteiger partial charge >= 0.3 is 0 Å². The lowest BCUT2D eigenvalue weighted by Crippen LogP contribution is -2.37. The summed E-state index contributed by atoms with van der Waals surface area (Å²) in [6.45, 7) is 4.91. The summed E-state index contributed by atoms with van der Waals surface area (Å²) in [5, 5.41) is 18.3. The van der Waals surface area contributed by atoms with Crippen LogP contribution in [-0.4, -0.2) is 23.1 Å². The van der Waals surface area contributed by atoms with Crippen LogP contribution in [0.1, 0.15) is 25.3 Å². The van der Waals surface area contributed by atoms with Crippen LogP contribution in [0, 0.1) is 16.7 Å². The molecule has 1 saturated heterocycles. The van der Waals surface area contributed by atoms with Gasteiger partial charge in [-0.05, 0) is 50.6 Å². The Bertz CT molecular complexity index is 411. The molecule has 1 N–H and O–H groups in total. The van der Waals surface area contributed by atoms with Gasteiger partial charge in [-0.1, -0.05) is 12.1 Å². The first-order valence-corrected chi connectivity index (χ1v) is 6.03. The van der Waals surface area contributed by atoms with Crippen LogP contribution in [0.25, 0.3) is 0 Å². The second-order valence-electron chi connectivity index (χ2n) is 5.12. The quantitative estimate of drug-likeness (QED) is 0.849. The number of piperidine rings is 1. The van der Waals surface area contributed by atoms with Crippen molar-refractivity contribution in [2.45, 2.75) is 26.3 Å². The van der Waals surface area contributed by atoms with Crippen LogP contribution in [0.15, 0.2) is 24.3 Å². The Labute approximate surface area is 102 Å². The Morgan fingerprint density at radius 2 is 1.88 bits per heavy atom. The highest BCUT2D eigenvalue weighted by molar-refractivity contribution is 5.25. The number of aromatic hydroxyl groups is 1. The molecule has 0 saturated carbocycles. The van der Waals surface area contributed by atoms with Crippen molar-refractivity contribution in [3.05, 3.63) is 29.8 Å². The first-order valence-electron chi connectivity index (χ1n) is 6.03. The van der Waals surface area contributed by atoms with E-state index in [4.69, 9.17) is 5.26 Å². The van der Waals surface area contributed by atoms with Crippen molar-refractivity contribution in [1.82, 2.24) is 4.90 Å². The normalized spacial score (nSPS) is 19.8. The molecule has 1 aromatic carbocycles. The Morgan fingerprint density at radius 1 is 1.29 bits per heavy atom. The van der Waals surface area contributed by atoms with Gasteiger partial charge < -0.3 is 5.11 Å². The van der Waals surface area contributed by atoms with E-state index in [1.54, 1.807) is 12.1 Å². The molecule has 0 unspecified atom stereocenters. The van der Waals surface area contributed by atoms with Gasteiger partial charge in [0.1, 0.15) is 5.75 Å². The van der Waals surface area contributed by atoms with E-state index in [-0.39, 0.29) is 5.41 Å². The van der Waals surface area contributed by atoms with Crippen molar-refractivity contribution in [3.63, 3.8) is 0 Å². The molecule has 0 amide bonds. The van der Waals surface area contributed by atoms with Crippen LogP contribution in [0.5, 0.6) is 5.75 Å². The topological polar surface area (TPSA) is 47.3 Å². The highest BCUT2D eigenvalue weighted by Gasteiger charge is 2.29. The lowest BCUT2D eigenvalue weighted by molar-refractivity contribution is 0.150. The van der Waals surface area contributed by atoms with Crippen LogP contribution in [0.3, 0.4) is 0 Å². The van der Waals surface area contributed by atoms with E-state index < -0.39 is 0 Å². The highest BCUT2D eigenvalue weighted by Crippen LogP contribution is 2.30. The molecule has 0 aliphatic carbocycles. The number of rotatable bonds is 2. The Balaban J connectivity index is 1.90. The Morgan fingerprint density at radius 3 is 2.41 bits per heavy atom. The number of likely N-dealkylation sites (tertiary alicyclic amines) is 1. The van der Waals surface area contributed by atoms with Gasteiger partial charge in [-0.15, -0.1) is 0 Å². The standard InChI is InChI=1S/C14H18N2O/c1-14(11-15)6-8-16(9-7-14)10-12-2-4-13(17)5-3-12/h2-5,17H,6-10H2,1H3. The van der Waals surface area contributed by atoms with E-state index in [2.05, 4.69) is 11.0 Å². The molecule has 0 spiro atoms. The summed E-state index contributed by atoms with van der Waals surface area (Å²) < 4.78 is 0. The molecule has 0 bridgehead atoms. The number of hydrogen-bond acceptors (Lipinski definition) is 3. The summed E-state index contributed by atoms with van der Waals surface area (Å²) in [5.41, 5.74) is 1.08. The molecule has 1 aliphatic heterocycles. The predicted molar refractivity (Wildman–Crippen MR) is 66.3 cm³/mol. The Kier molecular flexibility index (Phi) is 3.35. The van der Waals surface area contributed by atoms with Crippen molar-refractivity contribution in [1.29, 1.82) is 5.26 Å². The van der Waals surface area contributed by atoms with Crippen LogP contribution < -0.4 is 0 Å². The van der Waals surface area contributed by atoms with E-state index in [1.165, 1.54) is 5.56 Å². The molecule has 3 nitrogen and oxygen atoms in total. The fourth-order valence-electron chi connectivity index (χ4n) is 2.18. The van der Waals surface area contributed by atoms with Gasteiger partial charge in [0.2, 0.25) is 0 Å². The zero-order chi connectivity index (χ0) is 12.3. The molecule has 0 radical (unpaired) electrons. The average Bonchev–Trinajstić information content (AvgIpc) is 2.35. The number of nitrogens with zero attached hydrogens (tertiary/aromatic N) is 2. The molecule has 2 rings (SSSR count). The molecular weight excluding hydrogens is 212 g/mol. The van der Waals surface area contributed by atoms with Crippen molar-refractivity contribution in [2.24, 2.45) is 5.41 Å². The number of phenolic OH excluding ortho intramolecular Hbond substituents is 1. The highest BCUT2D eigenvalue weighted by atomic mass is 16.3. The van der Waals surface area contributed by atoms with Crippen LogP contribution in [0.2, 0.25) is 0 Å². The van der Waals surface area contributed by atoms with Gasteiger partial charge in [-0.3, -0.25) is 4.90 Å². The fourth-order valence-corrected chi connectivity index (χ4v) is 2.18. The molecule has 1 heterocycles. The third-order valence-corrected chi connectivity index (χ3v) is 3.57. The van der Waals surface area contributed by atoms with E-state index in [1.807, 2.05) is 19.1 Å². The molecule has 0 atom stereocenters. The summed E-state index contributed by atoms with van der Waals surface area (Å²) in [5.74, 6) is 0.310. The summed E-state index contributed by atoms with van der Waals surface area (Å²) in [6.07, 6.45) is 1.89. The monoisotopic (exact) mass is 230 g/mol. The molecular formula is C14H18N2O. The summed E-state index contributed by atoms with van der Waals surface area (Å²) >= 11 is 0. The minimum absolute atomic E-state index is 0.133. The Hall–Kier alpha value is -1.53. The molecule has 17 heavy (non-hydrogen) atoms. The van der Waals surface area contributed by atoms with E-state index in [9.17, 15) is 5.11 Å². The maximum atomic E-state index is 9.21. The van der Waals surface area contributed by atoms with Gasteiger partial charge in [-0.25, -0.2) is 0 Å². The predicted octanol–water partition coefficient (Wildman–Crippen LogP) is 2.52. The van der Waals surface area contributed by atoms with Gasteiger partial charge in [0.25, 0.3) is 0 Å². The maximum absolute atomic E-state index is 9.21. The van der Waals surface area contributed by atoms with Gasteiger partial charge in [0, 0.05) is 6.54 Å². The number of phenols is 1. The second-order valence-corrected chi connectivity index (χ2v) is 5.12. The summed E-state index contributed by atoms with van der Waals surface area (Å²) in [4.78, 5) is 2.37. The van der Waals surface area contributed by atoms with Crippen LogP contribution >= 0.6 is 0 Å². The second kappa shape index (κ2) is 4.77. The van der Waals surface area contributed by atoms with Crippen LogP contribution in [-0.2, 0) is 6.54 Å². The SMILES string of the molecule is CC1(C#N)CCN(Cc2ccc(O)cc2)CC1. The number of benzene rings is 1. The fraction of sp³-hybridized carbons (Fsp3) is 0.500. The number of nitriles is 1. The minimum atomic E-state index is -0.133. The molecule has 90 valence electrons. The molecule has 0 aromatic heterocycles. The van der Waals surface area contributed by atoms with Crippen molar-refractivity contribution >= 4 is 0 Å². The third kappa shape index (κ3) is 2.98. The van der Waals surface area contributed by atoms with Gasteiger partial charge in [0.05, 0.1) is 11.5 Å². The number of hydrogen-bond donors (Lipinski definition) is 1. The van der Waals surface area contributed by atoms with E-state index >= 15 is 0 Å². The lowest BCUT2D eigenvalue weighted by atomic mass is 9.82. The van der Waals surface area contributed by atoms with Gasteiger partial charge in [0.15, 0.2) is 0 Å². The average molecular weight is 230 g/mol. The smallest absolute Gasteiger partial charge is 0.115 e. The van der Waals surface area contributed by atoms with Crippen molar-refractivity contribution in [3.8, 4) is 11.8 Å². The zero-order valence-electron chi connectivity index (χ0n) is 10.2. The van der Waals surface area contributed by atoms with Crippen molar-refractivity contribution < 1.29 is 5.11 Å². The first-order chi connectivity index (χ1) is 8.11. The summed E-state index contributed by atoms with van der Waals surface area (Å²) in [6, 6.07) is 9.76. The maximum Gasteiger partial charge on any atom is 0.115 e. The molecule has 3 heteroatoms. The molecule has 1 aromatic rings. The summed E-state index contributed by atoms with van der Waals surface area (Å²) in [7, 11) is 0. The minimum Gasteiger partial charge on any atom is -0.508 e. The van der Waals surface area contributed by atoms with E-state index in [0.29, 0.717) is 5.75 Å². The van der Waals surface area contributed by atoms with Crippen molar-refractivity contribution in [2.75, 3.05) is 13.1 Å². The lowest BCUT2D eigenvalue weighted by Gasteiger charge is -2.34.